The molecule has 4 atom stereocenters. The van der Waals surface area contributed by atoms with Gasteiger partial charge in [-0.05, 0) is 234 Å². The Morgan fingerprint density at radius 3 is 0.909 bits per heavy atom. The van der Waals surface area contributed by atoms with Crippen LogP contribution in [0.4, 0.5) is 0 Å². The van der Waals surface area contributed by atoms with E-state index in [4.69, 9.17) is 47.9 Å². The molecule has 10 rings (SSSR count). The highest BCUT2D eigenvalue weighted by Gasteiger charge is 2.27. The van der Waals surface area contributed by atoms with Gasteiger partial charge in [-0.25, -0.2) is 28.6 Å². The van der Waals surface area contributed by atoms with Crippen LogP contribution in [-0.2, 0) is 19.1 Å². The van der Waals surface area contributed by atoms with Crippen molar-refractivity contribution in [3.05, 3.63) is 156 Å². The molecule has 0 amide bonds. The molecule has 2 aliphatic rings. The van der Waals surface area contributed by atoms with Crippen molar-refractivity contribution >= 4 is 58.3 Å². The first kappa shape index (κ1) is 83.2. The molecule has 0 fully saturated rings. The van der Waals surface area contributed by atoms with Gasteiger partial charge in [0.25, 0.3) is 0 Å². The van der Waals surface area contributed by atoms with Crippen molar-refractivity contribution in [2.45, 2.75) is 223 Å². The number of rotatable bonds is 50. The molecule has 4 aromatic carbocycles. The summed E-state index contributed by atoms with van der Waals surface area (Å²) in [6, 6.07) is 39.1. The molecule has 0 N–H and O–H groups in total. The van der Waals surface area contributed by atoms with Gasteiger partial charge in [0.05, 0.1) is 97.7 Å². The Bertz CT molecular complexity index is 4200. The molecule has 14 heteroatoms. The average Bonchev–Trinajstić information content (AvgIpc) is 1.55. The van der Waals surface area contributed by atoms with E-state index in [0.717, 1.165) is 278 Å². The summed E-state index contributed by atoms with van der Waals surface area (Å²) in [5.41, 5.74) is 15.3. The highest BCUT2D eigenvalue weighted by Crippen LogP contribution is 2.46. The Morgan fingerprint density at radius 2 is 0.618 bits per heavy atom. The Kier molecular flexibility index (Phi) is 32.3. The van der Waals surface area contributed by atoms with Crippen molar-refractivity contribution < 1.29 is 47.5 Å². The van der Waals surface area contributed by atoms with Gasteiger partial charge in [0.2, 0.25) is 0 Å². The van der Waals surface area contributed by atoms with Crippen molar-refractivity contribution in [3.8, 4) is 79.0 Å². The maximum atomic E-state index is 12.0. The average molecular weight is 1490 g/mol. The van der Waals surface area contributed by atoms with Crippen LogP contribution in [0.25, 0.3) is 90.9 Å². The molecule has 4 bridgehead atoms. The lowest BCUT2D eigenvalue weighted by Crippen LogP contribution is -2.14. The maximum absolute atomic E-state index is 12.0. The molecule has 8 aromatic rings. The summed E-state index contributed by atoms with van der Waals surface area (Å²) in [4.78, 5) is 35.6. The molecule has 2 aliphatic heterocycles. The lowest BCUT2D eigenvalue weighted by atomic mass is 10.00. The molecule has 14 nitrogen and oxygen atoms in total. The fraction of sp³-hybridized carbons (Fsp3) is 0.479. The molecule has 0 saturated heterocycles. The number of esters is 2. The van der Waals surface area contributed by atoms with Crippen molar-refractivity contribution in [3.63, 3.8) is 0 Å². The summed E-state index contributed by atoms with van der Waals surface area (Å²) >= 11 is 0. The second kappa shape index (κ2) is 42.8. The SMILES string of the molecule is C=C(C)C(=O)OCCCCCCOc1ccc(-c2c3nc(c(-c4ccc(OCC(CC)CCCC)c(OCC(CC)CCCC)c4)c4ccc5c(-c6ccc(OCCCCCCOC(=O)C(=C)C)cc6)c6nc(c(-c7ccc(OCC(CC)CCCC)c(OCC(CC)CCCC)c7)c7ccc2n7n54)C=C6)C=C3)cc1. The molecule has 4 aromatic heterocycles. The molecule has 0 radical (unpaired) electrons. The van der Waals surface area contributed by atoms with Crippen LogP contribution in [0.3, 0.4) is 0 Å². The maximum Gasteiger partial charge on any atom is 0.333 e. The number of unbranched alkanes of at least 4 members (excludes halogenated alkanes) is 10. The lowest BCUT2D eigenvalue weighted by molar-refractivity contribution is -0.139. The predicted octanol–water partition coefficient (Wildman–Crippen LogP) is 25.4. The van der Waals surface area contributed by atoms with Crippen LogP contribution in [0.15, 0.2) is 133 Å². The Labute approximate surface area is 656 Å². The fourth-order valence-corrected chi connectivity index (χ4v) is 14.8. The molecular formula is C96H124N4O10. The Balaban J connectivity index is 1.21. The van der Waals surface area contributed by atoms with Gasteiger partial charge in [0, 0.05) is 33.4 Å². The zero-order chi connectivity index (χ0) is 77.7. The zero-order valence-electron chi connectivity index (χ0n) is 67.9. The highest BCUT2D eigenvalue weighted by molar-refractivity contribution is 6.02. The van der Waals surface area contributed by atoms with Crippen molar-refractivity contribution in [1.29, 1.82) is 0 Å². The standard InChI is InChI=1S/C96H124N4O10/c1-13-21-33-69(17-5)63-107-87-55-41-75(61-89(87)109-65-71(19-7)35-23-15-3)93-81-49-47-79(97-81)91(73-37-43-77(44-38-73)103-57-29-25-27-31-59-105-95(101)67(9)10)84-52-54-86-94(76-42-56-88(108-64-70(18-6)34-22-14-2)90(62-76)110-66-72(20-8)36-24-16-4)82-50-48-80(98-82)92(83-51-53-85(93)99(83)100(84)86)74-39-45-78(46-40-74)104-58-30-26-28-32-60-106-96(102)68(11)12/h37-56,61-62,69-72H,9,11,13-36,57-60,63-66H2,1-8,10,12H3. The van der Waals surface area contributed by atoms with E-state index in [2.05, 4.69) is 211 Å². The highest BCUT2D eigenvalue weighted by atomic mass is 16.5. The van der Waals surface area contributed by atoms with Crippen LogP contribution < -0.4 is 28.4 Å². The van der Waals surface area contributed by atoms with Gasteiger partial charge in [-0.3, -0.25) is 0 Å². The largest absolute Gasteiger partial charge is 0.494 e. The zero-order valence-corrected chi connectivity index (χ0v) is 67.9. The lowest BCUT2D eigenvalue weighted by Gasteiger charge is -2.21. The van der Waals surface area contributed by atoms with Gasteiger partial charge in [0.15, 0.2) is 23.0 Å². The summed E-state index contributed by atoms with van der Waals surface area (Å²) in [5, 5.41) is 0. The summed E-state index contributed by atoms with van der Waals surface area (Å²) in [6.45, 7) is 33.1. The van der Waals surface area contributed by atoms with Crippen LogP contribution in [0.5, 0.6) is 34.5 Å². The molecule has 0 saturated carbocycles. The van der Waals surface area contributed by atoms with Crippen LogP contribution in [0, 0.1) is 23.7 Å². The number of benzene rings is 4. The molecular weight excluding hydrogens is 1370 g/mol. The number of nitrogens with zero attached hydrogens (tertiary/aromatic N) is 4. The van der Waals surface area contributed by atoms with E-state index in [9.17, 15) is 9.59 Å². The second-order valence-electron chi connectivity index (χ2n) is 30.4. The minimum Gasteiger partial charge on any atom is -0.494 e. The minimum absolute atomic E-state index is 0.345. The minimum atomic E-state index is -0.345. The third-order valence-electron chi connectivity index (χ3n) is 21.8. The number of fused-ring (bicyclic) bond motifs is 4. The van der Waals surface area contributed by atoms with Gasteiger partial charge >= 0.3 is 11.9 Å². The number of aromatic nitrogens is 4. The summed E-state index contributed by atoms with van der Waals surface area (Å²) in [6.07, 6.45) is 33.4. The van der Waals surface area contributed by atoms with Crippen LogP contribution >= 0.6 is 0 Å². The van der Waals surface area contributed by atoms with Crippen LogP contribution in [0.2, 0.25) is 0 Å². The normalized spacial score (nSPS) is 13.0. The molecule has 110 heavy (non-hydrogen) atoms. The van der Waals surface area contributed by atoms with Crippen LogP contribution in [0.1, 0.15) is 246 Å². The van der Waals surface area contributed by atoms with Gasteiger partial charge in [-0.1, -0.05) is 182 Å². The van der Waals surface area contributed by atoms with Gasteiger partial charge < -0.3 is 37.9 Å². The molecule has 4 unspecified atom stereocenters. The van der Waals surface area contributed by atoms with E-state index in [0.29, 0.717) is 87.7 Å². The topological polar surface area (TPSA) is 143 Å². The van der Waals surface area contributed by atoms with Gasteiger partial charge in [-0.2, -0.15) is 0 Å². The first-order valence-electron chi connectivity index (χ1n) is 41.9. The number of hydrogen-bond acceptors (Lipinski definition) is 12. The van der Waals surface area contributed by atoms with Gasteiger partial charge in [0.1, 0.15) is 11.5 Å². The third-order valence-corrected chi connectivity index (χ3v) is 21.8. The Morgan fingerprint density at radius 1 is 0.336 bits per heavy atom. The van der Waals surface area contributed by atoms with E-state index in [1.165, 1.54) is 0 Å². The number of ether oxygens (including phenoxy) is 8. The van der Waals surface area contributed by atoms with E-state index in [-0.39, 0.29) is 11.9 Å². The summed E-state index contributed by atoms with van der Waals surface area (Å²) in [5.74, 6) is 5.42. The fourth-order valence-electron chi connectivity index (χ4n) is 14.8. The first-order valence-corrected chi connectivity index (χ1v) is 41.9. The number of carbonyl (C=O) groups is 2. The summed E-state index contributed by atoms with van der Waals surface area (Å²) in [7, 11) is 0. The van der Waals surface area contributed by atoms with E-state index in [1.54, 1.807) is 13.8 Å². The quantitative estimate of drug-likeness (QED) is 0.0203. The first-order chi connectivity index (χ1) is 53.7. The van der Waals surface area contributed by atoms with Gasteiger partial charge in [-0.15, -0.1) is 0 Å². The second-order valence-corrected chi connectivity index (χ2v) is 30.4. The van der Waals surface area contributed by atoms with E-state index in [1.807, 2.05) is 0 Å². The van der Waals surface area contributed by atoms with E-state index < -0.39 is 0 Å². The van der Waals surface area contributed by atoms with Crippen LogP contribution in [-0.4, -0.2) is 83.8 Å². The van der Waals surface area contributed by atoms with Crippen molar-refractivity contribution in [2.75, 3.05) is 52.9 Å². The predicted molar refractivity (Wildman–Crippen MR) is 453 cm³/mol. The van der Waals surface area contributed by atoms with Crippen molar-refractivity contribution in [2.24, 2.45) is 23.7 Å². The smallest absolute Gasteiger partial charge is 0.333 e. The monoisotopic (exact) mass is 1490 g/mol. The van der Waals surface area contributed by atoms with E-state index >= 15 is 0 Å². The molecule has 588 valence electrons. The number of hydrogen-bond donors (Lipinski definition) is 0. The molecule has 0 aliphatic carbocycles. The molecule has 0 spiro atoms. The summed E-state index contributed by atoms with van der Waals surface area (Å²) < 4.78 is 56.7. The Hall–Kier alpha value is -9.30. The number of carbonyl (C=O) groups excluding carboxylic acids is 2. The van der Waals surface area contributed by atoms with Crippen molar-refractivity contribution in [1.82, 2.24) is 19.0 Å². The molecule has 6 heterocycles. The third kappa shape index (κ3) is 22.1.